The summed E-state index contributed by atoms with van der Waals surface area (Å²) in [6.07, 6.45) is 1.49. The molecule has 1 aromatic heterocycles. The minimum absolute atomic E-state index is 0. The average molecular weight is 479 g/mol. The van der Waals surface area contributed by atoms with Crippen LogP contribution in [0, 0.1) is 11.6 Å². The van der Waals surface area contributed by atoms with Crippen molar-refractivity contribution in [3.05, 3.63) is 59.6 Å². The fraction of sp³-hybridized carbons (Fsp3) is 0.389. The molecule has 0 aliphatic rings. The molecule has 1 heterocycles. The van der Waals surface area contributed by atoms with Gasteiger partial charge in [-0.2, -0.15) is 0 Å². The maximum Gasteiger partial charge on any atom is 0.191 e. The van der Waals surface area contributed by atoms with Gasteiger partial charge in [0.05, 0.1) is 18.8 Å². The maximum absolute atomic E-state index is 13.4. The summed E-state index contributed by atoms with van der Waals surface area (Å²) < 4.78 is 31.7. The molecular weight excluding hydrogens is 455 g/mol. The minimum atomic E-state index is -1.25. The molecule has 8 heteroatoms. The van der Waals surface area contributed by atoms with E-state index >= 15 is 0 Å². The number of halogens is 3. The van der Waals surface area contributed by atoms with Crippen molar-refractivity contribution in [2.24, 2.45) is 4.99 Å². The molecular formula is C18H24F2IN3O2. The Labute approximate surface area is 168 Å². The molecule has 0 amide bonds. The smallest absolute Gasteiger partial charge is 0.191 e. The van der Waals surface area contributed by atoms with Gasteiger partial charge in [0, 0.05) is 6.54 Å². The summed E-state index contributed by atoms with van der Waals surface area (Å²) in [5.74, 6) is -0.910. The lowest BCUT2D eigenvalue weighted by atomic mass is 10.0. The summed E-state index contributed by atoms with van der Waals surface area (Å²) in [6, 6.07) is 6.83. The summed E-state index contributed by atoms with van der Waals surface area (Å²) >= 11 is 0. The first kappa shape index (κ1) is 22.4. The first-order valence-corrected chi connectivity index (χ1v) is 8.09. The van der Waals surface area contributed by atoms with E-state index in [4.69, 9.17) is 4.42 Å². The van der Waals surface area contributed by atoms with Gasteiger partial charge in [-0.3, -0.25) is 0 Å². The van der Waals surface area contributed by atoms with E-state index < -0.39 is 17.2 Å². The van der Waals surface area contributed by atoms with Crippen LogP contribution in [-0.4, -0.2) is 24.2 Å². The fourth-order valence-electron chi connectivity index (χ4n) is 2.29. The standard InChI is InChI=1S/C18H23F2N3O2.HI/c1-4-21-17(22-11-18(3,24)16-6-5-9-25-16)23-12(2)13-7-8-14(19)15(20)10-13;/h5-10,12,24H,4,11H2,1-3H3,(H2,21,22,23);1H. The summed E-state index contributed by atoms with van der Waals surface area (Å²) in [6.45, 7) is 6.01. The van der Waals surface area contributed by atoms with E-state index in [1.54, 1.807) is 19.1 Å². The van der Waals surface area contributed by atoms with E-state index in [-0.39, 0.29) is 36.6 Å². The van der Waals surface area contributed by atoms with E-state index in [1.165, 1.54) is 12.3 Å². The second-order valence-corrected chi connectivity index (χ2v) is 5.99. The molecule has 2 atom stereocenters. The molecule has 0 bridgehead atoms. The van der Waals surface area contributed by atoms with Crippen LogP contribution in [-0.2, 0) is 5.60 Å². The van der Waals surface area contributed by atoms with Crippen molar-refractivity contribution < 1.29 is 18.3 Å². The lowest BCUT2D eigenvalue weighted by Crippen LogP contribution is -2.40. The van der Waals surface area contributed by atoms with Crippen LogP contribution in [0.4, 0.5) is 8.78 Å². The lowest BCUT2D eigenvalue weighted by molar-refractivity contribution is 0.0437. The summed E-state index contributed by atoms with van der Waals surface area (Å²) in [5.41, 5.74) is -0.667. The monoisotopic (exact) mass is 479 g/mol. The Morgan fingerprint density at radius 2 is 2.04 bits per heavy atom. The van der Waals surface area contributed by atoms with Crippen molar-refractivity contribution >= 4 is 29.9 Å². The van der Waals surface area contributed by atoms with Crippen LogP contribution in [0.15, 0.2) is 46.0 Å². The third-order valence-corrected chi connectivity index (χ3v) is 3.74. The van der Waals surface area contributed by atoms with Gasteiger partial charge in [-0.1, -0.05) is 6.07 Å². The molecule has 144 valence electrons. The van der Waals surface area contributed by atoms with Gasteiger partial charge < -0.3 is 20.2 Å². The second kappa shape index (κ2) is 9.86. The van der Waals surface area contributed by atoms with E-state index in [9.17, 15) is 13.9 Å². The lowest BCUT2D eigenvalue weighted by Gasteiger charge is -2.21. The van der Waals surface area contributed by atoms with Crippen LogP contribution in [0.3, 0.4) is 0 Å². The number of nitrogens with one attached hydrogen (secondary N) is 2. The quantitative estimate of drug-likeness (QED) is 0.336. The van der Waals surface area contributed by atoms with Crippen LogP contribution in [0.1, 0.15) is 38.1 Å². The molecule has 0 fully saturated rings. The number of hydrogen-bond donors (Lipinski definition) is 3. The van der Waals surface area contributed by atoms with Gasteiger partial charge in [-0.15, -0.1) is 24.0 Å². The molecule has 5 nitrogen and oxygen atoms in total. The Hall–Kier alpha value is -1.68. The van der Waals surface area contributed by atoms with Crippen molar-refractivity contribution in [1.82, 2.24) is 10.6 Å². The molecule has 1 aromatic carbocycles. The second-order valence-electron chi connectivity index (χ2n) is 5.99. The Balaban J connectivity index is 0.00000338. The van der Waals surface area contributed by atoms with Crippen LogP contribution >= 0.6 is 24.0 Å². The van der Waals surface area contributed by atoms with Gasteiger partial charge in [0.2, 0.25) is 0 Å². The third kappa shape index (κ3) is 5.94. The van der Waals surface area contributed by atoms with Crippen molar-refractivity contribution in [2.45, 2.75) is 32.4 Å². The number of benzene rings is 1. The summed E-state index contributed by atoms with van der Waals surface area (Å²) in [5, 5.41) is 16.6. The topological polar surface area (TPSA) is 69.8 Å². The van der Waals surface area contributed by atoms with Gasteiger partial charge >= 0.3 is 0 Å². The Morgan fingerprint density at radius 1 is 1.31 bits per heavy atom. The molecule has 0 radical (unpaired) electrons. The number of guanidine groups is 1. The van der Waals surface area contributed by atoms with E-state index in [0.29, 0.717) is 23.8 Å². The number of aliphatic hydroxyl groups is 1. The van der Waals surface area contributed by atoms with Crippen molar-refractivity contribution in [1.29, 1.82) is 0 Å². The van der Waals surface area contributed by atoms with Gasteiger partial charge in [0.25, 0.3) is 0 Å². The number of furan rings is 1. The number of hydrogen-bond acceptors (Lipinski definition) is 3. The predicted molar refractivity (Wildman–Crippen MR) is 108 cm³/mol. The van der Waals surface area contributed by atoms with Crippen LogP contribution in [0.2, 0.25) is 0 Å². The largest absolute Gasteiger partial charge is 0.466 e. The third-order valence-electron chi connectivity index (χ3n) is 3.74. The first-order valence-electron chi connectivity index (χ1n) is 8.09. The van der Waals surface area contributed by atoms with Crippen molar-refractivity contribution in [2.75, 3.05) is 13.1 Å². The molecule has 0 aliphatic heterocycles. The van der Waals surface area contributed by atoms with Crippen LogP contribution in [0.5, 0.6) is 0 Å². The Bertz CT molecular complexity index is 721. The summed E-state index contributed by atoms with van der Waals surface area (Å²) in [7, 11) is 0. The zero-order chi connectivity index (χ0) is 18.4. The highest BCUT2D eigenvalue weighted by molar-refractivity contribution is 14.0. The highest BCUT2D eigenvalue weighted by atomic mass is 127. The van der Waals surface area contributed by atoms with E-state index in [2.05, 4.69) is 15.6 Å². The molecule has 0 saturated heterocycles. The fourth-order valence-corrected chi connectivity index (χ4v) is 2.29. The zero-order valence-corrected chi connectivity index (χ0v) is 17.3. The number of nitrogens with zero attached hydrogens (tertiary/aromatic N) is 1. The van der Waals surface area contributed by atoms with Gasteiger partial charge in [-0.05, 0) is 50.6 Å². The molecule has 3 N–H and O–H groups in total. The van der Waals surface area contributed by atoms with Crippen molar-refractivity contribution in [3.8, 4) is 0 Å². The SMILES string of the molecule is CCNC(=NCC(C)(O)c1ccco1)NC(C)c1ccc(F)c(F)c1.I. The molecule has 2 aromatic rings. The van der Waals surface area contributed by atoms with Gasteiger partial charge in [0.15, 0.2) is 17.6 Å². The maximum atomic E-state index is 13.4. The molecule has 0 spiro atoms. The molecule has 2 unspecified atom stereocenters. The predicted octanol–water partition coefficient (Wildman–Crippen LogP) is 3.70. The summed E-state index contributed by atoms with van der Waals surface area (Å²) in [4.78, 5) is 4.36. The van der Waals surface area contributed by atoms with Gasteiger partial charge in [0.1, 0.15) is 11.4 Å². The molecule has 26 heavy (non-hydrogen) atoms. The zero-order valence-electron chi connectivity index (χ0n) is 14.9. The molecule has 0 saturated carbocycles. The normalized spacial score (nSPS) is 14.9. The molecule has 2 rings (SSSR count). The van der Waals surface area contributed by atoms with E-state index in [0.717, 1.165) is 12.1 Å². The van der Waals surface area contributed by atoms with Gasteiger partial charge in [-0.25, -0.2) is 13.8 Å². The highest BCUT2D eigenvalue weighted by Crippen LogP contribution is 2.21. The average Bonchev–Trinajstić information content (AvgIpc) is 3.11. The molecule has 0 aliphatic carbocycles. The minimum Gasteiger partial charge on any atom is -0.466 e. The van der Waals surface area contributed by atoms with Crippen molar-refractivity contribution in [3.63, 3.8) is 0 Å². The first-order chi connectivity index (χ1) is 11.8. The number of rotatable bonds is 6. The van der Waals surface area contributed by atoms with Crippen LogP contribution in [0.25, 0.3) is 0 Å². The highest BCUT2D eigenvalue weighted by Gasteiger charge is 2.26. The van der Waals surface area contributed by atoms with E-state index in [1.807, 2.05) is 13.8 Å². The Morgan fingerprint density at radius 3 is 2.62 bits per heavy atom. The Kier molecular flexibility index (Phi) is 8.48. The van der Waals surface area contributed by atoms with Crippen LogP contribution < -0.4 is 10.6 Å². The number of aliphatic imine (C=N–C) groups is 1.